The molecule has 26 heavy (non-hydrogen) atoms. The van der Waals surface area contributed by atoms with Gasteiger partial charge in [0.05, 0.1) is 29.4 Å². The molecule has 0 spiro atoms. The highest BCUT2D eigenvalue weighted by molar-refractivity contribution is 5.99. The van der Waals surface area contributed by atoms with Crippen LogP contribution in [0, 0.1) is 0 Å². The molecule has 1 aliphatic rings. The van der Waals surface area contributed by atoms with Gasteiger partial charge in [0, 0.05) is 24.5 Å². The van der Waals surface area contributed by atoms with Crippen molar-refractivity contribution < 1.29 is 4.74 Å². The normalized spacial score (nSPS) is 23.7. The standard InChI is InChI=1S/C19H26N6O/c1-11(2)25-9-16(21-10-25)18-17-15(23-24-18)5-6-20-19(17)22-14-7-12(3)26-13(4)8-14/h5-6,9-14H,7-8H2,1-4H3,(H,20,22)(H,23,24)/t12-,13+,14?. The van der Waals surface area contributed by atoms with Crippen molar-refractivity contribution in [3.8, 4) is 11.4 Å². The second-order valence-electron chi connectivity index (χ2n) is 7.52. The summed E-state index contributed by atoms with van der Waals surface area (Å²) in [5.74, 6) is 0.858. The molecule has 1 unspecified atom stereocenters. The molecule has 0 aromatic carbocycles. The molecule has 0 saturated carbocycles. The van der Waals surface area contributed by atoms with Crippen LogP contribution in [0.1, 0.15) is 46.6 Å². The first-order valence-corrected chi connectivity index (χ1v) is 9.30. The van der Waals surface area contributed by atoms with Gasteiger partial charge in [-0.05, 0) is 46.6 Å². The lowest BCUT2D eigenvalue weighted by Crippen LogP contribution is -2.37. The smallest absolute Gasteiger partial charge is 0.137 e. The predicted molar refractivity (Wildman–Crippen MR) is 102 cm³/mol. The number of nitrogens with one attached hydrogen (secondary N) is 2. The number of hydrogen-bond acceptors (Lipinski definition) is 5. The van der Waals surface area contributed by atoms with E-state index in [1.54, 1.807) is 0 Å². The fourth-order valence-electron chi connectivity index (χ4n) is 3.72. The monoisotopic (exact) mass is 354 g/mol. The minimum Gasteiger partial charge on any atom is -0.375 e. The van der Waals surface area contributed by atoms with Gasteiger partial charge >= 0.3 is 0 Å². The molecule has 2 N–H and O–H groups in total. The first-order chi connectivity index (χ1) is 12.5. The van der Waals surface area contributed by atoms with E-state index in [-0.39, 0.29) is 12.2 Å². The number of nitrogens with zero attached hydrogens (tertiary/aromatic N) is 4. The van der Waals surface area contributed by atoms with E-state index in [9.17, 15) is 0 Å². The molecule has 1 fully saturated rings. The van der Waals surface area contributed by atoms with Crippen molar-refractivity contribution in [2.24, 2.45) is 0 Å². The van der Waals surface area contributed by atoms with Crippen molar-refractivity contribution in [3.63, 3.8) is 0 Å². The van der Waals surface area contributed by atoms with Crippen molar-refractivity contribution in [2.45, 2.75) is 64.8 Å². The number of anilines is 1. The summed E-state index contributed by atoms with van der Waals surface area (Å²) >= 11 is 0. The summed E-state index contributed by atoms with van der Waals surface area (Å²) in [6.07, 6.45) is 8.14. The highest BCUT2D eigenvalue weighted by Crippen LogP contribution is 2.32. The average molecular weight is 354 g/mol. The Balaban J connectivity index is 1.70. The van der Waals surface area contributed by atoms with Crippen LogP contribution in [-0.4, -0.2) is 43.0 Å². The third-order valence-electron chi connectivity index (χ3n) is 4.95. The molecule has 3 aromatic rings. The number of fused-ring (bicyclic) bond motifs is 1. The van der Waals surface area contributed by atoms with Gasteiger partial charge in [-0.2, -0.15) is 5.10 Å². The molecule has 0 amide bonds. The van der Waals surface area contributed by atoms with Gasteiger partial charge in [0.2, 0.25) is 0 Å². The molecule has 138 valence electrons. The van der Waals surface area contributed by atoms with E-state index >= 15 is 0 Å². The molecule has 1 saturated heterocycles. The molecule has 4 rings (SSSR count). The largest absolute Gasteiger partial charge is 0.375 e. The second kappa shape index (κ2) is 6.72. The van der Waals surface area contributed by atoms with E-state index in [1.807, 2.05) is 24.8 Å². The number of imidazole rings is 1. The van der Waals surface area contributed by atoms with Gasteiger partial charge in [-0.3, -0.25) is 5.10 Å². The maximum absolute atomic E-state index is 5.85. The van der Waals surface area contributed by atoms with Crippen molar-refractivity contribution in [2.75, 3.05) is 5.32 Å². The van der Waals surface area contributed by atoms with Gasteiger partial charge in [-0.1, -0.05) is 0 Å². The average Bonchev–Trinajstić information content (AvgIpc) is 3.21. The highest BCUT2D eigenvalue weighted by atomic mass is 16.5. The van der Waals surface area contributed by atoms with Gasteiger partial charge in [0.1, 0.15) is 17.2 Å². The molecule has 1 aliphatic heterocycles. The molecule has 4 heterocycles. The van der Waals surface area contributed by atoms with Crippen LogP contribution >= 0.6 is 0 Å². The Morgan fingerprint density at radius 1 is 1.23 bits per heavy atom. The van der Waals surface area contributed by atoms with Crippen LogP contribution in [0.15, 0.2) is 24.8 Å². The SMILES string of the molecule is CC(C)n1cnc(-c2n[nH]c3ccnc(NC4C[C@@H](C)O[C@@H](C)C4)c23)c1. The maximum Gasteiger partial charge on any atom is 0.137 e. The van der Waals surface area contributed by atoms with Crippen LogP contribution < -0.4 is 5.32 Å². The van der Waals surface area contributed by atoms with Crippen molar-refractivity contribution >= 4 is 16.7 Å². The number of aromatic amines is 1. The Morgan fingerprint density at radius 2 is 2.00 bits per heavy atom. The molecule has 3 aromatic heterocycles. The van der Waals surface area contributed by atoms with E-state index in [2.05, 4.69) is 57.7 Å². The summed E-state index contributed by atoms with van der Waals surface area (Å²) in [7, 11) is 0. The fourth-order valence-corrected chi connectivity index (χ4v) is 3.72. The Hall–Kier alpha value is -2.41. The van der Waals surface area contributed by atoms with Gasteiger partial charge in [-0.25, -0.2) is 9.97 Å². The van der Waals surface area contributed by atoms with Crippen LogP contribution in [0.4, 0.5) is 5.82 Å². The number of hydrogen-bond donors (Lipinski definition) is 2. The lowest BCUT2D eigenvalue weighted by molar-refractivity contribution is -0.0338. The van der Waals surface area contributed by atoms with Crippen LogP contribution in [-0.2, 0) is 4.74 Å². The van der Waals surface area contributed by atoms with E-state index in [1.165, 1.54) is 0 Å². The predicted octanol–water partition coefficient (Wildman–Crippen LogP) is 3.77. The molecule has 0 radical (unpaired) electrons. The first-order valence-electron chi connectivity index (χ1n) is 9.30. The minimum absolute atomic E-state index is 0.251. The summed E-state index contributed by atoms with van der Waals surface area (Å²) in [5, 5.41) is 12.3. The summed E-state index contributed by atoms with van der Waals surface area (Å²) in [5.41, 5.74) is 2.66. The summed E-state index contributed by atoms with van der Waals surface area (Å²) in [6.45, 7) is 8.52. The number of aromatic nitrogens is 5. The zero-order valence-electron chi connectivity index (χ0n) is 15.7. The van der Waals surface area contributed by atoms with Crippen molar-refractivity contribution in [1.29, 1.82) is 0 Å². The maximum atomic E-state index is 5.85. The van der Waals surface area contributed by atoms with Gasteiger partial charge in [0.25, 0.3) is 0 Å². The number of H-pyrrole nitrogens is 1. The Morgan fingerprint density at radius 3 is 2.69 bits per heavy atom. The Bertz CT molecular complexity index is 888. The van der Waals surface area contributed by atoms with Crippen LogP contribution in [0.25, 0.3) is 22.3 Å². The van der Waals surface area contributed by atoms with Gasteiger partial charge in [-0.15, -0.1) is 0 Å². The molecular weight excluding hydrogens is 328 g/mol. The third-order valence-corrected chi connectivity index (χ3v) is 4.95. The molecule has 0 aliphatic carbocycles. The summed E-state index contributed by atoms with van der Waals surface area (Å²) < 4.78 is 7.94. The summed E-state index contributed by atoms with van der Waals surface area (Å²) in [6, 6.07) is 2.65. The zero-order chi connectivity index (χ0) is 18.3. The van der Waals surface area contributed by atoms with Crippen LogP contribution in [0.5, 0.6) is 0 Å². The summed E-state index contributed by atoms with van der Waals surface area (Å²) in [4.78, 5) is 9.15. The lowest BCUT2D eigenvalue weighted by Gasteiger charge is -2.32. The van der Waals surface area contributed by atoms with Gasteiger partial charge in [0.15, 0.2) is 0 Å². The number of ether oxygens (including phenoxy) is 1. The van der Waals surface area contributed by atoms with E-state index in [4.69, 9.17) is 4.74 Å². The van der Waals surface area contributed by atoms with E-state index in [0.717, 1.165) is 41.0 Å². The minimum atomic E-state index is 0.251. The molecule has 0 bridgehead atoms. The Kier molecular flexibility index (Phi) is 4.40. The molecular formula is C19H26N6O. The van der Waals surface area contributed by atoms with Crippen LogP contribution in [0.2, 0.25) is 0 Å². The molecule has 7 nitrogen and oxygen atoms in total. The van der Waals surface area contributed by atoms with Crippen molar-refractivity contribution in [1.82, 2.24) is 24.7 Å². The highest BCUT2D eigenvalue weighted by Gasteiger charge is 2.26. The first kappa shape index (κ1) is 17.0. The lowest BCUT2D eigenvalue weighted by atomic mass is 9.99. The van der Waals surface area contributed by atoms with Crippen LogP contribution in [0.3, 0.4) is 0 Å². The Labute approximate surface area is 153 Å². The third kappa shape index (κ3) is 3.19. The van der Waals surface area contributed by atoms with Gasteiger partial charge < -0.3 is 14.6 Å². The molecule has 3 atom stereocenters. The number of pyridine rings is 1. The second-order valence-corrected chi connectivity index (χ2v) is 7.52. The van der Waals surface area contributed by atoms with Crippen molar-refractivity contribution in [3.05, 3.63) is 24.8 Å². The number of rotatable bonds is 4. The topological polar surface area (TPSA) is 80.7 Å². The molecule has 7 heteroatoms. The zero-order valence-corrected chi connectivity index (χ0v) is 15.7. The van der Waals surface area contributed by atoms with E-state index < -0.39 is 0 Å². The fraction of sp³-hybridized carbons (Fsp3) is 0.526. The quantitative estimate of drug-likeness (QED) is 0.745. The van der Waals surface area contributed by atoms with E-state index in [0.29, 0.717) is 12.1 Å².